The number of phenols is 1. The summed E-state index contributed by atoms with van der Waals surface area (Å²) >= 11 is 2.18. The van der Waals surface area contributed by atoms with Gasteiger partial charge in [-0.25, -0.2) is 4.79 Å². The van der Waals surface area contributed by atoms with Crippen molar-refractivity contribution in [3.05, 3.63) is 93.1 Å². The van der Waals surface area contributed by atoms with Gasteiger partial charge in [-0.3, -0.25) is 0 Å². The molecule has 130 valence electrons. The SMILES string of the molecule is O=C(Oc1ccc(C#CC#Cc2ccc(O)cc2)cc1)c1ccc(I)cc1. The molecule has 3 aromatic carbocycles. The van der Waals surface area contributed by atoms with Crippen molar-refractivity contribution in [1.82, 2.24) is 0 Å². The molecule has 0 heterocycles. The first kappa shape index (κ1) is 18.6. The Morgan fingerprint density at radius 2 is 1.30 bits per heavy atom. The van der Waals surface area contributed by atoms with Crippen molar-refractivity contribution >= 4 is 28.6 Å². The van der Waals surface area contributed by atoms with Crippen LogP contribution < -0.4 is 4.74 Å². The van der Waals surface area contributed by atoms with E-state index in [1.165, 1.54) is 0 Å². The van der Waals surface area contributed by atoms with Crippen LogP contribution in [0.15, 0.2) is 72.8 Å². The quantitative estimate of drug-likeness (QED) is 0.261. The molecule has 0 saturated carbocycles. The molecule has 1 N–H and O–H groups in total. The number of carbonyl (C=O) groups is 1. The van der Waals surface area contributed by atoms with E-state index in [0.717, 1.165) is 14.7 Å². The van der Waals surface area contributed by atoms with E-state index in [1.807, 2.05) is 12.1 Å². The van der Waals surface area contributed by atoms with Gasteiger partial charge in [-0.05, 0) is 107 Å². The van der Waals surface area contributed by atoms with Gasteiger partial charge in [-0.15, -0.1) is 0 Å². The number of ether oxygens (including phenoxy) is 1. The Bertz CT molecular complexity index is 1060. The fraction of sp³-hybridized carbons (Fsp3) is 0. The van der Waals surface area contributed by atoms with Crippen LogP contribution in [0.25, 0.3) is 0 Å². The summed E-state index contributed by atoms with van der Waals surface area (Å²) in [6, 6.07) is 20.7. The number of phenolic OH excluding ortho intramolecular Hbond substituents is 1. The summed E-state index contributed by atoms with van der Waals surface area (Å²) < 4.78 is 6.41. The topological polar surface area (TPSA) is 46.5 Å². The number of esters is 1. The third kappa shape index (κ3) is 5.64. The Hall–Kier alpha value is -3.22. The molecule has 0 amide bonds. The number of aromatic hydroxyl groups is 1. The van der Waals surface area contributed by atoms with E-state index in [0.29, 0.717) is 11.3 Å². The molecule has 0 atom stereocenters. The van der Waals surface area contributed by atoms with Crippen LogP contribution in [0.2, 0.25) is 0 Å². The second-order valence-electron chi connectivity index (χ2n) is 5.47. The lowest BCUT2D eigenvalue weighted by atomic mass is 10.2. The molecule has 3 nitrogen and oxygen atoms in total. The molecule has 0 aromatic heterocycles. The maximum absolute atomic E-state index is 12.1. The lowest BCUT2D eigenvalue weighted by Gasteiger charge is -2.04. The van der Waals surface area contributed by atoms with E-state index in [4.69, 9.17) is 4.74 Å². The molecule has 0 aliphatic heterocycles. The highest BCUT2D eigenvalue weighted by molar-refractivity contribution is 14.1. The van der Waals surface area contributed by atoms with Crippen LogP contribution in [-0.4, -0.2) is 11.1 Å². The van der Waals surface area contributed by atoms with Crippen molar-refractivity contribution in [3.63, 3.8) is 0 Å². The minimum atomic E-state index is -0.398. The van der Waals surface area contributed by atoms with Gasteiger partial charge in [0.1, 0.15) is 11.5 Å². The number of hydrogen-bond donors (Lipinski definition) is 1. The maximum Gasteiger partial charge on any atom is 0.343 e. The minimum Gasteiger partial charge on any atom is -0.508 e. The zero-order valence-electron chi connectivity index (χ0n) is 14.1. The molecular weight excluding hydrogens is 451 g/mol. The number of carbonyl (C=O) groups excluding carboxylic acids is 1. The first-order valence-electron chi connectivity index (χ1n) is 7.99. The molecular formula is C23H13IO3. The normalized spacial score (nSPS) is 9.37. The lowest BCUT2D eigenvalue weighted by molar-refractivity contribution is 0.0734. The maximum atomic E-state index is 12.1. The monoisotopic (exact) mass is 464 g/mol. The van der Waals surface area contributed by atoms with Crippen molar-refractivity contribution in [2.75, 3.05) is 0 Å². The summed E-state index contributed by atoms with van der Waals surface area (Å²) in [7, 11) is 0. The van der Waals surface area contributed by atoms with Crippen molar-refractivity contribution in [1.29, 1.82) is 0 Å². The second-order valence-corrected chi connectivity index (χ2v) is 6.71. The summed E-state index contributed by atoms with van der Waals surface area (Å²) in [5.41, 5.74) is 2.05. The smallest absolute Gasteiger partial charge is 0.343 e. The fourth-order valence-corrected chi connectivity index (χ4v) is 2.47. The van der Waals surface area contributed by atoms with Gasteiger partial charge in [-0.2, -0.15) is 0 Å². The van der Waals surface area contributed by atoms with Gasteiger partial charge >= 0.3 is 5.97 Å². The molecule has 0 bridgehead atoms. The van der Waals surface area contributed by atoms with Crippen molar-refractivity contribution < 1.29 is 14.6 Å². The van der Waals surface area contributed by atoms with E-state index < -0.39 is 5.97 Å². The van der Waals surface area contributed by atoms with E-state index in [-0.39, 0.29) is 5.75 Å². The van der Waals surface area contributed by atoms with Gasteiger partial charge in [0.2, 0.25) is 0 Å². The fourth-order valence-electron chi connectivity index (χ4n) is 2.11. The molecule has 0 saturated heterocycles. The predicted octanol–water partition coefficient (Wildman–Crippen LogP) is 4.62. The molecule has 0 aliphatic rings. The third-order valence-electron chi connectivity index (χ3n) is 3.49. The molecule has 0 fully saturated rings. The number of rotatable bonds is 2. The van der Waals surface area contributed by atoms with Crippen LogP contribution in [0, 0.1) is 27.3 Å². The van der Waals surface area contributed by atoms with Gasteiger partial charge < -0.3 is 9.84 Å². The standard InChI is InChI=1S/C23H13IO3/c24-20-11-9-19(10-12-20)23(26)27-22-15-7-18(8-16-22)4-2-1-3-17-5-13-21(25)14-6-17/h5-16,25H. The van der Waals surface area contributed by atoms with Crippen LogP contribution in [0.1, 0.15) is 21.5 Å². The molecule has 0 aliphatic carbocycles. The third-order valence-corrected chi connectivity index (χ3v) is 4.21. The number of benzene rings is 3. The zero-order chi connectivity index (χ0) is 19.1. The predicted molar refractivity (Wildman–Crippen MR) is 112 cm³/mol. The average Bonchev–Trinajstić information content (AvgIpc) is 2.68. The Kier molecular flexibility index (Phi) is 6.14. The van der Waals surface area contributed by atoms with Gasteiger partial charge in [0.15, 0.2) is 0 Å². The first-order valence-corrected chi connectivity index (χ1v) is 9.07. The largest absolute Gasteiger partial charge is 0.508 e. The molecule has 3 aromatic rings. The molecule has 0 unspecified atom stereocenters. The van der Waals surface area contributed by atoms with E-state index in [2.05, 4.69) is 46.3 Å². The first-order chi connectivity index (χ1) is 13.1. The molecule has 0 spiro atoms. The van der Waals surface area contributed by atoms with Gasteiger partial charge in [0, 0.05) is 14.7 Å². The van der Waals surface area contributed by atoms with Crippen LogP contribution in [0.5, 0.6) is 11.5 Å². The average molecular weight is 464 g/mol. The highest BCUT2D eigenvalue weighted by atomic mass is 127. The van der Waals surface area contributed by atoms with Gasteiger partial charge in [0.25, 0.3) is 0 Å². The summed E-state index contributed by atoms with van der Waals surface area (Å²) in [4.78, 5) is 12.1. The lowest BCUT2D eigenvalue weighted by Crippen LogP contribution is -2.08. The van der Waals surface area contributed by atoms with E-state index >= 15 is 0 Å². The minimum absolute atomic E-state index is 0.203. The summed E-state index contributed by atoms with van der Waals surface area (Å²) in [6.45, 7) is 0. The Balaban J connectivity index is 1.62. The van der Waals surface area contributed by atoms with Crippen molar-refractivity contribution in [2.45, 2.75) is 0 Å². The molecule has 3 rings (SSSR count). The van der Waals surface area contributed by atoms with Gasteiger partial charge in [-0.1, -0.05) is 11.8 Å². The Morgan fingerprint density at radius 3 is 1.85 bits per heavy atom. The number of hydrogen-bond acceptors (Lipinski definition) is 3. The van der Waals surface area contributed by atoms with E-state index in [9.17, 15) is 9.90 Å². The highest BCUT2D eigenvalue weighted by Crippen LogP contribution is 2.15. The molecule has 4 heteroatoms. The van der Waals surface area contributed by atoms with Crippen molar-refractivity contribution in [3.8, 4) is 35.2 Å². The van der Waals surface area contributed by atoms with Gasteiger partial charge in [0.05, 0.1) is 5.56 Å². The molecule has 0 radical (unpaired) electrons. The summed E-state index contributed by atoms with van der Waals surface area (Å²) in [5.74, 6) is 11.6. The highest BCUT2D eigenvalue weighted by Gasteiger charge is 2.07. The van der Waals surface area contributed by atoms with Crippen molar-refractivity contribution in [2.24, 2.45) is 0 Å². The summed E-state index contributed by atoms with van der Waals surface area (Å²) in [5, 5.41) is 9.22. The van der Waals surface area contributed by atoms with Crippen LogP contribution in [0.4, 0.5) is 0 Å². The summed E-state index contributed by atoms with van der Waals surface area (Å²) in [6.07, 6.45) is 0. The molecule has 27 heavy (non-hydrogen) atoms. The van der Waals surface area contributed by atoms with Crippen LogP contribution >= 0.6 is 22.6 Å². The van der Waals surface area contributed by atoms with Crippen LogP contribution in [0.3, 0.4) is 0 Å². The zero-order valence-corrected chi connectivity index (χ0v) is 16.2. The second kappa shape index (κ2) is 8.93. The van der Waals surface area contributed by atoms with E-state index in [1.54, 1.807) is 60.7 Å². The van der Waals surface area contributed by atoms with Crippen LogP contribution in [-0.2, 0) is 0 Å². The Labute approximate surface area is 171 Å². The number of halogens is 1. The Morgan fingerprint density at radius 1 is 0.778 bits per heavy atom.